The molecule has 3 aromatic rings. The zero-order valence-corrected chi connectivity index (χ0v) is 16.4. The minimum Gasteiger partial charge on any atom is -0.465 e. The van der Waals surface area contributed by atoms with Gasteiger partial charge in [-0.1, -0.05) is 44.2 Å². The maximum Gasteiger partial charge on any atom is 0.339 e. The van der Waals surface area contributed by atoms with Crippen molar-refractivity contribution < 1.29 is 9.53 Å². The molecule has 0 aliphatic carbocycles. The van der Waals surface area contributed by atoms with Crippen molar-refractivity contribution in [1.82, 2.24) is 15.2 Å². The van der Waals surface area contributed by atoms with Crippen molar-refractivity contribution in [2.24, 2.45) is 0 Å². The van der Waals surface area contributed by atoms with Crippen molar-refractivity contribution in [2.45, 2.75) is 26.7 Å². The number of nitrogens with zero attached hydrogens (tertiary/aromatic N) is 3. The van der Waals surface area contributed by atoms with E-state index >= 15 is 0 Å². The van der Waals surface area contributed by atoms with E-state index in [4.69, 9.17) is 4.74 Å². The second-order valence-electron chi connectivity index (χ2n) is 6.65. The van der Waals surface area contributed by atoms with Crippen molar-refractivity contribution in [2.75, 3.05) is 17.7 Å². The predicted octanol–water partition coefficient (Wildman–Crippen LogP) is 4.58. The Bertz CT molecular complexity index is 988. The van der Waals surface area contributed by atoms with Crippen LogP contribution in [0.5, 0.6) is 0 Å². The molecule has 0 spiro atoms. The van der Waals surface area contributed by atoms with E-state index in [2.05, 4.69) is 45.7 Å². The molecule has 0 saturated carbocycles. The summed E-state index contributed by atoms with van der Waals surface area (Å²) < 4.78 is 4.83. The quantitative estimate of drug-likeness (QED) is 0.608. The molecule has 0 amide bonds. The van der Waals surface area contributed by atoms with Gasteiger partial charge in [0.25, 0.3) is 0 Å². The van der Waals surface area contributed by atoms with Crippen LogP contribution in [0.25, 0.3) is 0 Å². The molecule has 7 nitrogen and oxygen atoms in total. The van der Waals surface area contributed by atoms with Crippen LogP contribution in [0.1, 0.15) is 41.3 Å². The SMILES string of the molecule is COC(=O)c1ccccc1Nc1cnnc(Nc2c(C)cccc2C(C)C)n1. The average molecular weight is 377 g/mol. The summed E-state index contributed by atoms with van der Waals surface area (Å²) in [7, 11) is 1.35. The molecule has 0 bridgehead atoms. The summed E-state index contributed by atoms with van der Waals surface area (Å²) in [6.07, 6.45) is 1.50. The highest BCUT2D eigenvalue weighted by Gasteiger charge is 2.13. The van der Waals surface area contributed by atoms with Crippen LogP contribution in [0.2, 0.25) is 0 Å². The van der Waals surface area contributed by atoms with Crippen LogP contribution in [0, 0.1) is 6.92 Å². The van der Waals surface area contributed by atoms with E-state index < -0.39 is 5.97 Å². The number of rotatable bonds is 6. The molecule has 28 heavy (non-hydrogen) atoms. The number of methoxy groups -OCH3 is 1. The van der Waals surface area contributed by atoms with Gasteiger partial charge in [-0.25, -0.2) is 4.79 Å². The summed E-state index contributed by atoms with van der Waals surface area (Å²) in [6, 6.07) is 13.2. The van der Waals surface area contributed by atoms with Crippen molar-refractivity contribution >= 4 is 29.1 Å². The van der Waals surface area contributed by atoms with E-state index in [1.165, 1.54) is 18.9 Å². The Labute approximate surface area is 164 Å². The lowest BCUT2D eigenvalue weighted by Crippen LogP contribution is -2.08. The van der Waals surface area contributed by atoms with Crippen LogP contribution < -0.4 is 10.6 Å². The molecule has 1 heterocycles. The standard InChI is InChI=1S/C21H23N5O2/c1-13(2)15-10-7-8-14(3)19(15)25-21-24-18(12-22-26-21)23-17-11-6-5-9-16(17)20(27)28-4/h5-13H,1-4H3,(H2,23,24,25,26). The lowest BCUT2D eigenvalue weighted by Gasteiger charge is -2.16. The van der Waals surface area contributed by atoms with Gasteiger partial charge in [0.1, 0.15) is 0 Å². The van der Waals surface area contributed by atoms with Crippen LogP contribution in [-0.2, 0) is 4.74 Å². The second kappa shape index (κ2) is 8.47. The van der Waals surface area contributed by atoms with Crippen LogP contribution >= 0.6 is 0 Å². The number of anilines is 4. The maximum absolute atomic E-state index is 11.9. The second-order valence-corrected chi connectivity index (χ2v) is 6.65. The molecule has 0 fully saturated rings. The summed E-state index contributed by atoms with van der Waals surface area (Å²) >= 11 is 0. The third-order valence-corrected chi connectivity index (χ3v) is 4.32. The molecule has 7 heteroatoms. The van der Waals surface area contributed by atoms with Gasteiger partial charge < -0.3 is 15.4 Å². The predicted molar refractivity (Wildman–Crippen MR) is 109 cm³/mol. The Kier molecular flexibility index (Phi) is 5.84. The first-order valence-corrected chi connectivity index (χ1v) is 9.00. The normalized spacial score (nSPS) is 10.6. The topological polar surface area (TPSA) is 89.0 Å². The van der Waals surface area contributed by atoms with E-state index in [0.717, 1.165) is 11.3 Å². The molecule has 2 N–H and O–H groups in total. The molecule has 0 radical (unpaired) electrons. The van der Waals surface area contributed by atoms with E-state index in [-0.39, 0.29) is 0 Å². The van der Waals surface area contributed by atoms with E-state index in [9.17, 15) is 4.79 Å². The summed E-state index contributed by atoms with van der Waals surface area (Å²) in [5.74, 6) is 0.763. The monoisotopic (exact) mass is 377 g/mol. The summed E-state index contributed by atoms with van der Waals surface area (Å²) in [5.41, 5.74) is 4.26. The molecule has 2 aromatic carbocycles. The van der Waals surface area contributed by atoms with Crippen LogP contribution in [-0.4, -0.2) is 28.3 Å². The zero-order chi connectivity index (χ0) is 20.1. The number of carbonyl (C=O) groups excluding carboxylic acids is 1. The molecule has 0 unspecified atom stereocenters. The number of hydrogen-bond acceptors (Lipinski definition) is 7. The van der Waals surface area contributed by atoms with Crippen molar-refractivity contribution in [3.8, 4) is 0 Å². The average Bonchev–Trinajstić information content (AvgIpc) is 2.69. The molecular formula is C21H23N5O2. The Hall–Kier alpha value is -3.48. The molecular weight excluding hydrogens is 354 g/mol. The van der Waals surface area contributed by atoms with Gasteiger partial charge in [0.05, 0.1) is 24.6 Å². The number of aromatic nitrogens is 3. The minimum atomic E-state index is -0.426. The summed E-state index contributed by atoms with van der Waals surface area (Å²) in [5, 5.41) is 14.5. The minimum absolute atomic E-state index is 0.351. The van der Waals surface area contributed by atoms with E-state index in [1.807, 2.05) is 25.1 Å². The van der Waals surface area contributed by atoms with E-state index in [0.29, 0.717) is 28.9 Å². The van der Waals surface area contributed by atoms with Gasteiger partial charge in [0, 0.05) is 5.69 Å². The first-order chi connectivity index (χ1) is 13.5. The molecule has 0 atom stereocenters. The third kappa shape index (κ3) is 4.25. The number of aryl methyl sites for hydroxylation is 1. The number of esters is 1. The Morgan fingerprint density at radius 2 is 1.86 bits per heavy atom. The molecule has 3 rings (SSSR count). The fourth-order valence-electron chi connectivity index (χ4n) is 2.89. The van der Waals surface area contributed by atoms with Crippen molar-refractivity contribution in [1.29, 1.82) is 0 Å². The van der Waals surface area contributed by atoms with Crippen molar-refractivity contribution in [3.63, 3.8) is 0 Å². The number of para-hydroxylation sites is 2. The van der Waals surface area contributed by atoms with Crippen LogP contribution in [0.3, 0.4) is 0 Å². The molecule has 144 valence electrons. The van der Waals surface area contributed by atoms with Gasteiger partial charge in [-0.3, -0.25) is 0 Å². The van der Waals surface area contributed by atoms with Crippen molar-refractivity contribution in [3.05, 3.63) is 65.4 Å². The maximum atomic E-state index is 11.9. The van der Waals surface area contributed by atoms with Gasteiger partial charge in [-0.05, 0) is 36.1 Å². The van der Waals surface area contributed by atoms with Gasteiger partial charge in [0.15, 0.2) is 5.82 Å². The van der Waals surface area contributed by atoms with Gasteiger partial charge >= 0.3 is 5.97 Å². The third-order valence-electron chi connectivity index (χ3n) is 4.32. The molecule has 0 aliphatic rings. The van der Waals surface area contributed by atoms with Gasteiger partial charge in [0.2, 0.25) is 5.95 Å². The number of hydrogen-bond donors (Lipinski definition) is 2. The first-order valence-electron chi connectivity index (χ1n) is 9.00. The molecule has 1 aromatic heterocycles. The van der Waals surface area contributed by atoms with Gasteiger partial charge in [-0.15, -0.1) is 5.10 Å². The zero-order valence-electron chi connectivity index (χ0n) is 16.4. The lowest BCUT2D eigenvalue weighted by molar-refractivity contribution is 0.0602. The summed E-state index contributed by atoms with van der Waals surface area (Å²) in [6.45, 7) is 6.32. The van der Waals surface area contributed by atoms with Crippen LogP contribution in [0.15, 0.2) is 48.7 Å². The fraction of sp³-hybridized carbons (Fsp3) is 0.238. The number of ether oxygens (including phenoxy) is 1. The Morgan fingerprint density at radius 1 is 1.07 bits per heavy atom. The fourth-order valence-corrected chi connectivity index (χ4v) is 2.89. The lowest BCUT2D eigenvalue weighted by atomic mass is 9.98. The smallest absolute Gasteiger partial charge is 0.339 e. The highest BCUT2D eigenvalue weighted by atomic mass is 16.5. The number of carbonyl (C=O) groups is 1. The number of benzene rings is 2. The summed E-state index contributed by atoms with van der Waals surface area (Å²) in [4.78, 5) is 16.4. The largest absolute Gasteiger partial charge is 0.465 e. The van der Waals surface area contributed by atoms with Crippen LogP contribution in [0.4, 0.5) is 23.1 Å². The molecule has 0 saturated heterocycles. The Morgan fingerprint density at radius 3 is 2.61 bits per heavy atom. The highest BCUT2D eigenvalue weighted by molar-refractivity contribution is 5.96. The highest BCUT2D eigenvalue weighted by Crippen LogP contribution is 2.29. The molecule has 0 aliphatic heterocycles. The number of nitrogens with one attached hydrogen (secondary N) is 2. The Balaban J connectivity index is 1.88. The van der Waals surface area contributed by atoms with E-state index in [1.54, 1.807) is 18.2 Å². The van der Waals surface area contributed by atoms with Gasteiger partial charge in [-0.2, -0.15) is 10.1 Å². The first kappa shape index (κ1) is 19.3.